The lowest BCUT2D eigenvalue weighted by atomic mass is 9.84. The maximum absolute atomic E-state index is 12.6. The van der Waals surface area contributed by atoms with E-state index in [0.717, 1.165) is 25.7 Å². The minimum absolute atomic E-state index is 0.217. The summed E-state index contributed by atoms with van der Waals surface area (Å²) in [6, 6.07) is 8.31. The van der Waals surface area contributed by atoms with E-state index in [1.165, 1.54) is 11.1 Å². The molecule has 2 N–H and O–H groups in total. The van der Waals surface area contributed by atoms with Gasteiger partial charge in [0.25, 0.3) is 0 Å². The second-order valence-electron chi connectivity index (χ2n) is 5.84. The Labute approximate surface area is 115 Å². The number of hydrogen-bond donors (Lipinski definition) is 1. The molecule has 0 aliphatic heterocycles. The van der Waals surface area contributed by atoms with E-state index in [4.69, 9.17) is 5.73 Å². The van der Waals surface area contributed by atoms with E-state index in [2.05, 4.69) is 25.1 Å². The van der Waals surface area contributed by atoms with Crippen molar-refractivity contribution in [1.29, 1.82) is 0 Å². The number of benzene rings is 1. The molecule has 2 rings (SSSR count). The van der Waals surface area contributed by atoms with Gasteiger partial charge in [-0.25, -0.2) is 0 Å². The van der Waals surface area contributed by atoms with Gasteiger partial charge in [0.05, 0.1) is 5.41 Å². The lowest BCUT2D eigenvalue weighted by molar-refractivity contribution is -0.140. The summed E-state index contributed by atoms with van der Waals surface area (Å²) >= 11 is 0. The Morgan fingerprint density at radius 2 is 2.05 bits per heavy atom. The van der Waals surface area contributed by atoms with Gasteiger partial charge in [0, 0.05) is 20.1 Å². The van der Waals surface area contributed by atoms with Gasteiger partial charge in [-0.15, -0.1) is 0 Å². The van der Waals surface area contributed by atoms with Crippen LogP contribution in [0.15, 0.2) is 24.3 Å². The van der Waals surface area contributed by atoms with Crippen LogP contribution in [0.1, 0.15) is 36.8 Å². The van der Waals surface area contributed by atoms with Gasteiger partial charge < -0.3 is 10.6 Å². The maximum atomic E-state index is 12.6. The topological polar surface area (TPSA) is 46.3 Å². The van der Waals surface area contributed by atoms with Gasteiger partial charge in [-0.3, -0.25) is 4.79 Å². The van der Waals surface area contributed by atoms with Gasteiger partial charge >= 0.3 is 0 Å². The number of amides is 1. The third kappa shape index (κ3) is 2.98. The maximum Gasteiger partial charge on any atom is 0.230 e. The van der Waals surface area contributed by atoms with Crippen LogP contribution >= 0.6 is 0 Å². The van der Waals surface area contributed by atoms with Crippen molar-refractivity contribution in [3.8, 4) is 0 Å². The number of nitrogens with zero attached hydrogens (tertiary/aromatic N) is 1. The quantitative estimate of drug-likeness (QED) is 0.904. The molecule has 1 aliphatic rings. The first-order chi connectivity index (χ1) is 9.07. The molecule has 1 aromatic carbocycles. The molecule has 1 aromatic rings. The highest BCUT2D eigenvalue weighted by atomic mass is 16.2. The number of carbonyl (C=O) groups is 1. The zero-order valence-electron chi connectivity index (χ0n) is 12.0. The van der Waals surface area contributed by atoms with Crippen molar-refractivity contribution in [3.05, 3.63) is 35.4 Å². The fourth-order valence-electron chi connectivity index (χ4n) is 3.12. The second kappa shape index (κ2) is 5.74. The molecule has 1 fully saturated rings. The molecular weight excluding hydrogens is 236 g/mol. The van der Waals surface area contributed by atoms with Crippen molar-refractivity contribution in [3.63, 3.8) is 0 Å². The van der Waals surface area contributed by atoms with Crippen molar-refractivity contribution in [2.24, 2.45) is 11.1 Å². The zero-order valence-corrected chi connectivity index (χ0v) is 12.0. The average molecular weight is 260 g/mol. The third-order valence-corrected chi connectivity index (χ3v) is 4.25. The van der Waals surface area contributed by atoms with Crippen LogP contribution in [0.5, 0.6) is 0 Å². The summed E-state index contributed by atoms with van der Waals surface area (Å²) < 4.78 is 0. The minimum Gasteiger partial charge on any atom is -0.341 e. The van der Waals surface area contributed by atoms with Gasteiger partial charge in [0.15, 0.2) is 0 Å². The Kier molecular flexibility index (Phi) is 4.25. The zero-order chi connectivity index (χ0) is 13.9. The first kappa shape index (κ1) is 14.1. The van der Waals surface area contributed by atoms with Gasteiger partial charge in [-0.2, -0.15) is 0 Å². The lowest BCUT2D eigenvalue weighted by Crippen LogP contribution is -2.44. The molecule has 3 heteroatoms. The minimum atomic E-state index is -0.293. The molecule has 3 nitrogen and oxygen atoms in total. The highest BCUT2D eigenvalue weighted by molar-refractivity contribution is 5.83. The van der Waals surface area contributed by atoms with Crippen LogP contribution in [0.25, 0.3) is 0 Å². The van der Waals surface area contributed by atoms with E-state index in [1.54, 1.807) is 0 Å². The third-order valence-electron chi connectivity index (χ3n) is 4.25. The monoisotopic (exact) mass is 260 g/mol. The molecule has 0 atom stereocenters. The molecule has 1 amide bonds. The Morgan fingerprint density at radius 3 is 2.63 bits per heavy atom. The molecule has 0 unspecified atom stereocenters. The number of aryl methyl sites for hydroxylation is 1. The predicted octanol–water partition coefficient (Wildman–Crippen LogP) is 2.47. The fraction of sp³-hybridized carbons (Fsp3) is 0.562. The summed E-state index contributed by atoms with van der Waals surface area (Å²) in [6.45, 7) is 3.22. The molecule has 1 aliphatic carbocycles. The van der Waals surface area contributed by atoms with Crippen molar-refractivity contribution in [1.82, 2.24) is 4.90 Å². The summed E-state index contributed by atoms with van der Waals surface area (Å²) in [4.78, 5) is 14.5. The number of hydrogen-bond acceptors (Lipinski definition) is 2. The molecule has 0 bridgehead atoms. The Morgan fingerprint density at radius 1 is 1.37 bits per heavy atom. The Bertz CT molecular complexity index is 450. The summed E-state index contributed by atoms with van der Waals surface area (Å²) in [7, 11) is 1.89. The van der Waals surface area contributed by atoms with Crippen LogP contribution in [0, 0.1) is 12.3 Å². The largest absolute Gasteiger partial charge is 0.341 e. The smallest absolute Gasteiger partial charge is 0.230 e. The second-order valence-corrected chi connectivity index (χ2v) is 5.84. The summed E-state index contributed by atoms with van der Waals surface area (Å²) in [5, 5.41) is 0. The summed E-state index contributed by atoms with van der Waals surface area (Å²) in [5.41, 5.74) is 8.00. The van der Waals surface area contributed by atoms with E-state index < -0.39 is 0 Å². The van der Waals surface area contributed by atoms with E-state index in [-0.39, 0.29) is 11.3 Å². The van der Waals surface area contributed by atoms with Crippen LogP contribution in [0.2, 0.25) is 0 Å². The van der Waals surface area contributed by atoms with Crippen LogP contribution in [-0.2, 0) is 11.3 Å². The van der Waals surface area contributed by atoms with Gasteiger partial charge in [0.2, 0.25) is 5.91 Å². The van der Waals surface area contributed by atoms with E-state index in [9.17, 15) is 4.79 Å². The normalized spacial score (nSPS) is 17.4. The molecule has 19 heavy (non-hydrogen) atoms. The molecular formula is C16H24N2O. The summed E-state index contributed by atoms with van der Waals surface area (Å²) in [6.07, 6.45) is 4.14. The van der Waals surface area contributed by atoms with Crippen molar-refractivity contribution in [2.75, 3.05) is 13.6 Å². The van der Waals surface area contributed by atoms with E-state index >= 15 is 0 Å². The van der Waals surface area contributed by atoms with Crippen LogP contribution < -0.4 is 5.73 Å². The standard InChI is InChI=1S/C16H24N2O/c1-13-6-5-7-14(10-13)11-18(2)15(19)16(12-17)8-3-4-9-16/h5-7,10H,3-4,8-9,11-12,17H2,1-2H3. The van der Waals surface area contributed by atoms with Crippen molar-refractivity contribution < 1.29 is 4.79 Å². The summed E-state index contributed by atoms with van der Waals surface area (Å²) in [5.74, 6) is 0.217. The Balaban J connectivity index is 2.07. The molecule has 0 aromatic heterocycles. The van der Waals surface area contributed by atoms with Gasteiger partial charge in [-0.05, 0) is 25.3 Å². The lowest BCUT2D eigenvalue weighted by Gasteiger charge is -2.31. The van der Waals surface area contributed by atoms with Crippen molar-refractivity contribution in [2.45, 2.75) is 39.2 Å². The molecule has 0 spiro atoms. The van der Waals surface area contributed by atoms with Gasteiger partial charge in [0.1, 0.15) is 0 Å². The fourth-order valence-corrected chi connectivity index (χ4v) is 3.12. The number of nitrogens with two attached hydrogens (primary N) is 1. The Hall–Kier alpha value is -1.35. The number of rotatable bonds is 4. The molecule has 0 radical (unpaired) electrons. The average Bonchev–Trinajstić information content (AvgIpc) is 2.87. The molecule has 1 saturated carbocycles. The highest BCUT2D eigenvalue weighted by Crippen LogP contribution is 2.38. The molecule has 0 saturated heterocycles. The van der Waals surface area contributed by atoms with Crippen LogP contribution in [-0.4, -0.2) is 24.4 Å². The predicted molar refractivity (Wildman–Crippen MR) is 77.6 cm³/mol. The first-order valence-electron chi connectivity index (χ1n) is 7.09. The number of carbonyl (C=O) groups excluding carboxylic acids is 1. The van der Waals surface area contributed by atoms with Crippen LogP contribution in [0.3, 0.4) is 0 Å². The van der Waals surface area contributed by atoms with Crippen LogP contribution in [0.4, 0.5) is 0 Å². The van der Waals surface area contributed by atoms with Crippen molar-refractivity contribution >= 4 is 5.91 Å². The highest BCUT2D eigenvalue weighted by Gasteiger charge is 2.41. The van der Waals surface area contributed by atoms with E-state index in [0.29, 0.717) is 13.1 Å². The van der Waals surface area contributed by atoms with Gasteiger partial charge in [-0.1, -0.05) is 42.7 Å². The molecule has 0 heterocycles. The van der Waals surface area contributed by atoms with E-state index in [1.807, 2.05) is 18.0 Å². The first-order valence-corrected chi connectivity index (χ1v) is 7.09. The SMILES string of the molecule is Cc1cccc(CN(C)C(=O)C2(CN)CCCC2)c1. The molecule has 104 valence electrons.